The predicted molar refractivity (Wildman–Crippen MR) is 282 cm³/mol. The molecule has 5 heterocycles. The third kappa shape index (κ3) is 18.2. The fourth-order valence-electron chi connectivity index (χ4n) is 10.9. The molecule has 0 aromatic rings. The van der Waals surface area contributed by atoms with Gasteiger partial charge in [0.1, 0.15) is 128 Å². The van der Waals surface area contributed by atoms with Crippen LogP contribution in [0.1, 0.15) is 40.5 Å². The van der Waals surface area contributed by atoms with Crippen LogP contribution in [0.25, 0.3) is 0 Å². The average molecular weight is 1330 g/mol. The topological polar surface area (TPSA) is 668 Å². The van der Waals surface area contributed by atoms with E-state index in [-0.39, 0.29) is 0 Å². The first-order valence-electron chi connectivity index (χ1n) is 28.3. The van der Waals surface area contributed by atoms with Crippen LogP contribution < -0.4 is 21.3 Å². The number of amides is 4. The highest BCUT2D eigenvalue weighted by molar-refractivity contribution is 5.77. The summed E-state index contributed by atoms with van der Waals surface area (Å²) in [7, 11) is 0. The van der Waals surface area contributed by atoms with E-state index < -0.39 is 284 Å². The molecule has 526 valence electrons. The fraction of sp³-hybridized carbons (Fsp3) is 0.880. The second kappa shape index (κ2) is 33.4. The molecule has 41 heteroatoms. The number of aliphatic hydroxyl groups excluding tert-OH is 19. The number of ether oxygens (including phenoxy) is 10. The van der Waals surface area contributed by atoms with Gasteiger partial charge in [0, 0.05) is 40.5 Å². The number of rotatable bonds is 30. The highest BCUT2D eigenvalue weighted by atomic mass is 16.8. The Labute approximate surface area is 515 Å². The van der Waals surface area contributed by atoms with E-state index in [1.165, 1.54) is 0 Å². The Bertz CT molecular complexity index is 2390. The molecule has 5 aliphatic rings. The highest BCUT2D eigenvalue weighted by Gasteiger charge is 2.61. The lowest BCUT2D eigenvalue weighted by molar-refractivity contribution is -0.376. The standard InChI is InChI=1S/C50H84N4O37/c1-14(60)51-18(7-55)39(87-46-38(77)43(34(73)24(10-58)84-46)91-50(48(80)81)6-20(65)28(53-16(3)62)42(90-50)31(70)22(67)9-57)32(71)23(68)12-82-44-29(54-17(4)63)35(74)40(25(11-59)85-44)88-45-37(76)36(75)33(72)26(86-45)13-83-49(47(78)79)5-19(64)27(52-15(2)61)41(89-49)30(69)21(66)8-56/h18-46,55-59,64-77H,5-13H2,1-4H3,(H,51,60)(H,52,61)(H,53,62)(H,54,63)(H,78,79)(H,80,81)/t18-,19-,20-,21+,22+,23+,24+,25+,26+,27+,28+,29+,30+,31+,32-,33-,34-,35+,36-,37+,38+,39+,40+,41+,42+,43-,44+,45-,46-,49+,50-/m0/s1. The van der Waals surface area contributed by atoms with Gasteiger partial charge in [-0.2, -0.15) is 0 Å². The molecule has 0 spiro atoms. The van der Waals surface area contributed by atoms with E-state index >= 15 is 0 Å². The van der Waals surface area contributed by atoms with Gasteiger partial charge < -0.3 is 176 Å². The minimum atomic E-state index is -3.26. The molecule has 5 aliphatic heterocycles. The van der Waals surface area contributed by atoms with E-state index in [9.17, 15) is 136 Å². The predicted octanol–water partition coefficient (Wildman–Crippen LogP) is -15.5. The maximum absolute atomic E-state index is 13.1. The third-order valence-corrected chi connectivity index (χ3v) is 15.6. The SMILES string of the molecule is CC(=O)N[C@H]1[C@H](OC[C@@H](O)[C@H](O)[C@H](O[C@@H]2O[C@H](CO)[C@H](O)[C@H](O[C@]3(C(=O)O)C[C@H](O)[C@@H](NC(C)=O)[C@H]([C@H](O)[C@H](O)CO)O3)[C@H]2O)[C@H](CO)NC(C)=O)O[C@H](CO)[C@@H](O[C@@H]2O[C@H](CO[C@]3(C(=O)O)C[C@H](O)[C@@H](NC(C)=O)[C@H]([C@H](O)[C@H](O)CO)O3)[C@H](O)[C@H](O)[C@H]2O)[C@@H]1O. The minimum absolute atomic E-state index is 0.809. The largest absolute Gasteiger partial charge is 0.477 e. The molecule has 5 fully saturated rings. The van der Waals surface area contributed by atoms with Crippen molar-refractivity contribution in [2.45, 2.75) is 229 Å². The molecule has 0 bridgehead atoms. The lowest BCUT2D eigenvalue weighted by Crippen LogP contribution is -2.70. The molecule has 0 radical (unpaired) electrons. The van der Waals surface area contributed by atoms with Crippen LogP contribution in [0.5, 0.6) is 0 Å². The van der Waals surface area contributed by atoms with Crippen LogP contribution in [-0.4, -0.2) is 378 Å². The maximum atomic E-state index is 13.1. The molecule has 0 aliphatic carbocycles. The number of hydrogen-bond donors (Lipinski definition) is 25. The van der Waals surface area contributed by atoms with Crippen molar-refractivity contribution < 1.29 is 183 Å². The summed E-state index contributed by atoms with van der Waals surface area (Å²) in [6.07, 6.45) is -56.3. The Morgan fingerprint density at radius 3 is 1.47 bits per heavy atom. The lowest BCUT2D eigenvalue weighted by atomic mass is 9.88. The molecular formula is C50H84N4O37. The molecule has 41 nitrogen and oxygen atoms in total. The Balaban J connectivity index is 1.36. The monoisotopic (exact) mass is 1330 g/mol. The molecule has 5 saturated heterocycles. The van der Waals surface area contributed by atoms with Crippen molar-refractivity contribution >= 4 is 35.6 Å². The summed E-state index contributed by atoms with van der Waals surface area (Å²) in [5.41, 5.74) is 0. The number of carboxylic acid groups (broad SMARTS) is 2. The zero-order valence-electron chi connectivity index (χ0n) is 49.0. The highest BCUT2D eigenvalue weighted by Crippen LogP contribution is 2.40. The van der Waals surface area contributed by atoms with Crippen LogP contribution >= 0.6 is 0 Å². The van der Waals surface area contributed by atoms with E-state index in [4.69, 9.17) is 47.4 Å². The minimum Gasteiger partial charge on any atom is -0.477 e. The first-order chi connectivity index (χ1) is 42.6. The van der Waals surface area contributed by atoms with Crippen LogP contribution in [0.2, 0.25) is 0 Å². The van der Waals surface area contributed by atoms with E-state index in [1.807, 2.05) is 0 Å². The maximum Gasteiger partial charge on any atom is 0.364 e. The van der Waals surface area contributed by atoms with E-state index in [2.05, 4.69) is 21.3 Å². The Morgan fingerprint density at radius 1 is 0.516 bits per heavy atom. The van der Waals surface area contributed by atoms with E-state index in [0.717, 1.165) is 27.7 Å². The number of aliphatic hydroxyl groups is 19. The van der Waals surface area contributed by atoms with Crippen LogP contribution in [0.15, 0.2) is 0 Å². The third-order valence-electron chi connectivity index (χ3n) is 15.6. The molecule has 31 atom stereocenters. The molecule has 4 amide bonds. The molecular weight excluding hydrogens is 1250 g/mol. The molecule has 0 saturated carbocycles. The quantitative estimate of drug-likeness (QED) is 0.0318. The van der Waals surface area contributed by atoms with Crippen molar-refractivity contribution in [2.24, 2.45) is 0 Å². The summed E-state index contributed by atoms with van der Waals surface area (Å²) >= 11 is 0. The lowest BCUT2D eigenvalue weighted by Gasteiger charge is -2.50. The number of nitrogens with one attached hydrogen (secondary N) is 4. The number of aliphatic carboxylic acids is 2. The molecule has 0 unspecified atom stereocenters. The Kier molecular flexibility index (Phi) is 28.4. The second-order valence-corrected chi connectivity index (χ2v) is 22.4. The van der Waals surface area contributed by atoms with Gasteiger partial charge in [0.15, 0.2) is 18.9 Å². The second-order valence-electron chi connectivity index (χ2n) is 22.4. The summed E-state index contributed by atoms with van der Waals surface area (Å²) in [6.45, 7) is -4.31. The van der Waals surface area contributed by atoms with Crippen LogP contribution in [0, 0.1) is 0 Å². The van der Waals surface area contributed by atoms with Gasteiger partial charge in [-0.1, -0.05) is 0 Å². The molecule has 25 N–H and O–H groups in total. The van der Waals surface area contributed by atoms with Crippen molar-refractivity contribution in [1.82, 2.24) is 21.3 Å². The summed E-state index contributed by atoms with van der Waals surface area (Å²) in [5, 5.41) is 236. The zero-order chi connectivity index (χ0) is 68.5. The van der Waals surface area contributed by atoms with Crippen molar-refractivity contribution in [3.05, 3.63) is 0 Å². The Hall–Kier alpha value is -4.34. The summed E-state index contributed by atoms with van der Waals surface area (Å²) in [5.74, 6) is -13.9. The van der Waals surface area contributed by atoms with Crippen molar-refractivity contribution in [3.63, 3.8) is 0 Å². The average Bonchev–Trinajstić information content (AvgIpc) is 0.778. The summed E-state index contributed by atoms with van der Waals surface area (Å²) in [4.78, 5) is 74.9. The molecule has 91 heavy (non-hydrogen) atoms. The first kappa shape index (κ1) is 77.4. The van der Waals surface area contributed by atoms with Gasteiger partial charge in [-0.15, -0.1) is 0 Å². The van der Waals surface area contributed by atoms with Crippen LogP contribution in [0.4, 0.5) is 0 Å². The van der Waals surface area contributed by atoms with Crippen LogP contribution in [0.3, 0.4) is 0 Å². The van der Waals surface area contributed by atoms with Gasteiger partial charge in [0.2, 0.25) is 23.6 Å². The van der Waals surface area contributed by atoms with Gasteiger partial charge in [-0.05, 0) is 0 Å². The zero-order valence-corrected chi connectivity index (χ0v) is 49.0. The number of carboxylic acids is 2. The van der Waals surface area contributed by atoms with Gasteiger partial charge in [0.25, 0.3) is 11.6 Å². The fourth-order valence-corrected chi connectivity index (χ4v) is 10.9. The van der Waals surface area contributed by atoms with Crippen molar-refractivity contribution in [3.8, 4) is 0 Å². The van der Waals surface area contributed by atoms with Crippen LogP contribution in [-0.2, 0) is 76.1 Å². The van der Waals surface area contributed by atoms with Crippen molar-refractivity contribution in [2.75, 3.05) is 46.2 Å². The molecule has 5 rings (SSSR count). The van der Waals surface area contributed by atoms with Gasteiger partial charge in [-0.3, -0.25) is 19.2 Å². The Morgan fingerprint density at radius 2 is 1.00 bits per heavy atom. The van der Waals surface area contributed by atoms with E-state index in [0.29, 0.717) is 0 Å². The smallest absolute Gasteiger partial charge is 0.364 e. The van der Waals surface area contributed by atoms with E-state index in [1.54, 1.807) is 0 Å². The van der Waals surface area contributed by atoms with Gasteiger partial charge in [-0.25, -0.2) is 9.59 Å². The van der Waals surface area contributed by atoms with Crippen molar-refractivity contribution in [1.29, 1.82) is 0 Å². The van der Waals surface area contributed by atoms with Gasteiger partial charge >= 0.3 is 11.9 Å². The molecule has 0 aromatic heterocycles. The normalized spacial score (nSPS) is 39.8. The molecule has 0 aromatic carbocycles. The number of carbonyl (C=O) groups excluding carboxylic acids is 4. The first-order valence-corrected chi connectivity index (χ1v) is 28.3. The summed E-state index contributed by atoms with van der Waals surface area (Å²) in [6, 6.07) is -7.01. The number of hydrogen-bond acceptors (Lipinski definition) is 35. The van der Waals surface area contributed by atoms with Gasteiger partial charge in [0.05, 0.1) is 76.6 Å². The summed E-state index contributed by atoms with van der Waals surface area (Å²) < 4.78 is 56.7. The number of carbonyl (C=O) groups is 6.